The number of non-ortho nitro benzene ring substituents is 1. The fraction of sp³-hybridized carbons (Fsp3) is 0.308. The van der Waals surface area contributed by atoms with Gasteiger partial charge in [0.25, 0.3) is 5.69 Å². The Bertz CT molecular complexity index is 525. The first-order valence-corrected chi connectivity index (χ1v) is 5.70. The standard InChI is InChI=1S/C13H14N2O3/c1-3-10-6-13(16)14(8-10)11-4-9(2)5-12(7-11)15(17)18/h3-5,7,10H,1,6,8H2,2H3. The van der Waals surface area contributed by atoms with Crippen molar-refractivity contribution in [3.05, 3.63) is 46.5 Å². The third kappa shape index (κ3) is 2.25. The summed E-state index contributed by atoms with van der Waals surface area (Å²) in [7, 11) is 0. The lowest BCUT2D eigenvalue weighted by Crippen LogP contribution is -2.24. The number of aryl methyl sites for hydroxylation is 1. The molecule has 0 aliphatic carbocycles. The first kappa shape index (κ1) is 12.3. The summed E-state index contributed by atoms with van der Waals surface area (Å²) >= 11 is 0. The maximum Gasteiger partial charge on any atom is 0.271 e. The summed E-state index contributed by atoms with van der Waals surface area (Å²) in [6.07, 6.45) is 2.17. The Labute approximate surface area is 105 Å². The average Bonchev–Trinajstić information content (AvgIpc) is 2.69. The van der Waals surface area contributed by atoms with Crippen LogP contribution in [-0.2, 0) is 4.79 Å². The molecule has 1 fully saturated rings. The molecule has 1 atom stereocenters. The second-order valence-electron chi connectivity index (χ2n) is 4.49. The molecule has 0 spiro atoms. The van der Waals surface area contributed by atoms with E-state index in [0.717, 1.165) is 5.56 Å². The Morgan fingerprint density at radius 3 is 2.78 bits per heavy atom. The number of benzene rings is 1. The summed E-state index contributed by atoms with van der Waals surface area (Å²) in [5.41, 5.74) is 1.38. The summed E-state index contributed by atoms with van der Waals surface area (Å²) < 4.78 is 0. The zero-order valence-corrected chi connectivity index (χ0v) is 10.1. The van der Waals surface area contributed by atoms with E-state index in [1.165, 1.54) is 12.1 Å². The van der Waals surface area contributed by atoms with Crippen molar-refractivity contribution in [1.29, 1.82) is 0 Å². The predicted molar refractivity (Wildman–Crippen MR) is 68.5 cm³/mol. The molecule has 18 heavy (non-hydrogen) atoms. The molecule has 0 saturated carbocycles. The molecule has 0 radical (unpaired) electrons. The maximum absolute atomic E-state index is 11.8. The first-order chi connectivity index (χ1) is 8.51. The topological polar surface area (TPSA) is 63.5 Å². The number of hydrogen-bond acceptors (Lipinski definition) is 3. The van der Waals surface area contributed by atoms with Crippen LogP contribution in [0.15, 0.2) is 30.9 Å². The van der Waals surface area contributed by atoms with Gasteiger partial charge < -0.3 is 4.90 Å². The van der Waals surface area contributed by atoms with Gasteiger partial charge in [-0.15, -0.1) is 6.58 Å². The smallest absolute Gasteiger partial charge is 0.271 e. The fourth-order valence-corrected chi connectivity index (χ4v) is 2.15. The summed E-state index contributed by atoms with van der Waals surface area (Å²) in [6.45, 7) is 6.01. The summed E-state index contributed by atoms with van der Waals surface area (Å²) in [5.74, 6) is 0.108. The van der Waals surface area contributed by atoms with E-state index in [1.807, 2.05) is 0 Å². The minimum atomic E-state index is -0.442. The van der Waals surface area contributed by atoms with Gasteiger partial charge >= 0.3 is 0 Å². The zero-order valence-electron chi connectivity index (χ0n) is 10.1. The molecule has 94 valence electrons. The second kappa shape index (κ2) is 4.60. The number of carbonyl (C=O) groups is 1. The van der Waals surface area contributed by atoms with E-state index in [4.69, 9.17) is 0 Å². The number of nitro groups is 1. The van der Waals surface area contributed by atoms with Crippen LogP contribution < -0.4 is 4.90 Å². The van der Waals surface area contributed by atoms with Gasteiger partial charge in [0.15, 0.2) is 0 Å². The highest BCUT2D eigenvalue weighted by Crippen LogP contribution is 2.29. The van der Waals surface area contributed by atoms with Crippen molar-refractivity contribution in [3.63, 3.8) is 0 Å². The van der Waals surface area contributed by atoms with Gasteiger partial charge in [-0.3, -0.25) is 14.9 Å². The van der Waals surface area contributed by atoms with Crippen LogP contribution in [0.5, 0.6) is 0 Å². The van der Waals surface area contributed by atoms with Gasteiger partial charge in [0, 0.05) is 31.0 Å². The zero-order chi connectivity index (χ0) is 13.3. The molecular weight excluding hydrogens is 232 g/mol. The number of carbonyl (C=O) groups excluding carboxylic acids is 1. The Morgan fingerprint density at radius 1 is 1.50 bits per heavy atom. The Kier molecular flexibility index (Phi) is 3.14. The van der Waals surface area contributed by atoms with Crippen LogP contribution in [0.2, 0.25) is 0 Å². The molecule has 5 nitrogen and oxygen atoms in total. The molecule has 1 unspecified atom stereocenters. The van der Waals surface area contributed by atoms with Crippen molar-refractivity contribution < 1.29 is 9.72 Å². The second-order valence-corrected chi connectivity index (χ2v) is 4.49. The van der Waals surface area contributed by atoms with E-state index in [2.05, 4.69) is 6.58 Å². The summed E-state index contributed by atoms with van der Waals surface area (Å²) in [4.78, 5) is 23.8. The van der Waals surface area contributed by atoms with Crippen LogP contribution >= 0.6 is 0 Å². The van der Waals surface area contributed by atoms with Gasteiger partial charge in [-0.25, -0.2) is 0 Å². The minimum Gasteiger partial charge on any atom is -0.312 e. The van der Waals surface area contributed by atoms with Crippen molar-refractivity contribution in [2.24, 2.45) is 5.92 Å². The molecular formula is C13H14N2O3. The van der Waals surface area contributed by atoms with Crippen molar-refractivity contribution in [1.82, 2.24) is 0 Å². The van der Waals surface area contributed by atoms with Gasteiger partial charge in [0.2, 0.25) is 5.91 Å². The molecule has 1 aliphatic rings. The van der Waals surface area contributed by atoms with E-state index in [-0.39, 0.29) is 17.5 Å². The number of nitrogens with zero attached hydrogens (tertiary/aromatic N) is 2. The van der Waals surface area contributed by atoms with Gasteiger partial charge in [-0.1, -0.05) is 6.08 Å². The Hall–Kier alpha value is -2.17. The molecule has 5 heteroatoms. The van der Waals surface area contributed by atoms with Gasteiger partial charge in [0.05, 0.1) is 10.6 Å². The predicted octanol–water partition coefficient (Wildman–Crippen LogP) is 2.44. The van der Waals surface area contributed by atoms with E-state index in [0.29, 0.717) is 18.7 Å². The van der Waals surface area contributed by atoms with Crippen LogP contribution in [0, 0.1) is 23.0 Å². The highest BCUT2D eigenvalue weighted by Gasteiger charge is 2.29. The first-order valence-electron chi connectivity index (χ1n) is 5.70. The lowest BCUT2D eigenvalue weighted by molar-refractivity contribution is -0.384. The highest BCUT2D eigenvalue weighted by atomic mass is 16.6. The number of amides is 1. The SMILES string of the molecule is C=CC1CC(=O)N(c2cc(C)cc([N+](=O)[O-])c2)C1. The van der Waals surface area contributed by atoms with Crippen molar-refractivity contribution in [3.8, 4) is 0 Å². The largest absolute Gasteiger partial charge is 0.312 e. The molecule has 0 aromatic heterocycles. The van der Waals surface area contributed by atoms with E-state index < -0.39 is 4.92 Å². The van der Waals surface area contributed by atoms with Gasteiger partial charge in [0.1, 0.15) is 0 Å². The summed E-state index contributed by atoms with van der Waals surface area (Å²) in [6, 6.07) is 4.72. The molecule has 1 heterocycles. The highest BCUT2D eigenvalue weighted by molar-refractivity contribution is 5.96. The van der Waals surface area contributed by atoms with Crippen LogP contribution in [0.4, 0.5) is 11.4 Å². The number of nitro benzene ring substituents is 1. The number of rotatable bonds is 3. The molecule has 1 aromatic carbocycles. The van der Waals surface area contributed by atoms with E-state index >= 15 is 0 Å². The molecule has 1 aliphatic heterocycles. The van der Waals surface area contributed by atoms with Crippen LogP contribution in [0.25, 0.3) is 0 Å². The van der Waals surface area contributed by atoms with Crippen molar-refractivity contribution in [2.45, 2.75) is 13.3 Å². The molecule has 0 N–H and O–H groups in total. The van der Waals surface area contributed by atoms with Crippen LogP contribution in [0.3, 0.4) is 0 Å². The van der Waals surface area contributed by atoms with Crippen molar-refractivity contribution >= 4 is 17.3 Å². The summed E-state index contributed by atoms with van der Waals surface area (Å²) in [5, 5.41) is 10.8. The normalized spacial score (nSPS) is 19.1. The molecule has 1 amide bonds. The van der Waals surface area contributed by atoms with Crippen molar-refractivity contribution in [2.75, 3.05) is 11.4 Å². The third-order valence-corrected chi connectivity index (χ3v) is 3.06. The van der Waals surface area contributed by atoms with Gasteiger partial charge in [-0.05, 0) is 18.6 Å². The quantitative estimate of drug-likeness (QED) is 0.467. The number of anilines is 1. The molecule has 1 aromatic rings. The van der Waals surface area contributed by atoms with Gasteiger partial charge in [-0.2, -0.15) is 0 Å². The Balaban J connectivity index is 2.36. The Morgan fingerprint density at radius 2 is 2.22 bits per heavy atom. The van der Waals surface area contributed by atoms with Crippen LogP contribution in [-0.4, -0.2) is 17.4 Å². The molecule has 0 bridgehead atoms. The lowest BCUT2D eigenvalue weighted by atomic mass is 10.1. The average molecular weight is 246 g/mol. The maximum atomic E-state index is 11.8. The molecule has 1 saturated heterocycles. The fourth-order valence-electron chi connectivity index (χ4n) is 2.15. The number of hydrogen-bond donors (Lipinski definition) is 0. The van der Waals surface area contributed by atoms with E-state index in [1.54, 1.807) is 24.0 Å². The molecule has 2 rings (SSSR count). The minimum absolute atomic E-state index is 0.0138. The van der Waals surface area contributed by atoms with E-state index in [9.17, 15) is 14.9 Å². The van der Waals surface area contributed by atoms with Crippen LogP contribution in [0.1, 0.15) is 12.0 Å². The third-order valence-electron chi connectivity index (χ3n) is 3.06. The monoisotopic (exact) mass is 246 g/mol. The lowest BCUT2D eigenvalue weighted by Gasteiger charge is -2.16.